The quantitative estimate of drug-likeness (QED) is 0.629. The lowest BCUT2D eigenvalue weighted by atomic mass is 9.99. The molecule has 0 aliphatic rings. The summed E-state index contributed by atoms with van der Waals surface area (Å²) >= 11 is 5.65. The Balaban J connectivity index is 3.28. The van der Waals surface area contributed by atoms with Gasteiger partial charge in [0.15, 0.2) is 5.78 Å². The van der Waals surface area contributed by atoms with Crippen LogP contribution in [0.25, 0.3) is 0 Å². The van der Waals surface area contributed by atoms with Crippen molar-refractivity contribution >= 4 is 29.0 Å². The first-order valence-corrected chi connectivity index (χ1v) is 4.80. The average Bonchev–Trinajstić information content (AvgIpc) is 2.34. The SMILES string of the molecule is [2H]c1c(Cl)ccc(C(=O)C([2H])([2H])C(C)C(=O)O)c1N. The van der Waals surface area contributed by atoms with E-state index in [1.54, 1.807) is 0 Å². The maximum absolute atomic E-state index is 12.1. The van der Waals surface area contributed by atoms with Gasteiger partial charge in [-0.3, -0.25) is 9.59 Å². The Morgan fingerprint density at radius 2 is 2.31 bits per heavy atom. The van der Waals surface area contributed by atoms with Gasteiger partial charge < -0.3 is 10.8 Å². The molecular formula is C11H12ClNO3. The number of carboxylic acids is 1. The number of hydrogen-bond donors (Lipinski definition) is 2. The second kappa shape index (κ2) is 4.99. The Bertz CT molecular complexity index is 548. The lowest BCUT2D eigenvalue weighted by Crippen LogP contribution is -2.15. The van der Waals surface area contributed by atoms with Crippen molar-refractivity contribution in [2.75, 3.05) is 5.73 Å². The number of halogens is 1. The van der Waals surface area contributed by atoms with Crippen molar-refractivity contribution in [3.8, 4) is 0 Å². The molecule has 0 radical (unpaired) electrons. The van der Waals surface area contributed by atoms with E-state index in [-0.39, 0.29) is 22.3 Å². The van der Waals surface area contributed by atoms with E-state index in [2.05, 4.69) is 0 Å². The van der Waals surface area contributed by atoms with E-state index < -0.39 is 24.0 Å². The van der Waals surface area contributed by atoms with E-state index in [1.807, 2.05) is 0 Å². The van der Waals surface area contributed by atoms with E-state index in [4.69, 9.17) is 26.6 Å². The van der Waals surface area contributed by atoms with Gasteiger partial charge in [0.05, 0.1) is 7.29 Å². The largest absolute Gasteiger partial charge is 0.481 e. The molecule has 0 saturated carbocycles. The number of ketones is 1. The number of anilines is 1. The normalized spacial score (nSPS) is 15.8. The lowest BCUT2D eigenvalue weighted by molar-refractivity contribution is -0.141. The minimum Gasteiger partial charge on any atom is -0.481 e. The summed E-state index contributed by atoms with van der Waals surface area (Å²) in [4.78, 5) is 22.9. The number of hydrogen-bond acceptors (Lipinski definition) is 3. The minimum absolute atomic E-state index is 0.0286. The smallest absolute Gasteiger partial charge is 0.306 e. The molecule has 0 saturated heterocycles. The van der Waals surface area contributed by atoms with Crippen LogP contribution in [0.1, 0.15) is 27.8 Å². The van der Waals surface area contributed by atoms with E-state index in [1.165, 1.54) is 12.1 Å². The topological polar surface area (TPSA) is 80.4 Å². The first-order chi connectivity index (χ1) is 8.60. The summed E-state index contributed by atoms with van der Waals surface area (Å²) < 4.78 is 22.8. The highest BCUT2D eigenvalue weighted by Gasteiger charge is 2.18. The highest BCUT2D eigenvalue weighted by atomic mass is 35.5. The van der Waals surface area contributed by atoms with Crippen LogP contribution in [0.5, 0.6) is 0 Å². The molecule has 0 spiro atoms. The first-order valence-electron chi connectivity index (χ1n) is 5.92. The summed E-state index contributed by atoms with van der Waals surface area (Å²) in [5.41, 5.74) is 5.04. The van der Waals surface area contributed by atoms with Crippen molar-refractivity contribution in [1.29, 1.82) is 0 Å². The fraction of sp³-hybridized carbons (Fsp3) is 0.273. The van der Waals surface area contributed by atoms with E-state index in [0.717, 1.165) is 6.92 Å². The third-order valence-corrected chi connectivity index (χ3v) is 2.12. The monoisotopic (exact) mass is 244 g/mol. The summed E-state index contributed by atoms with van der Waals surface area (Å²) in [5.74, 6) is -4.05. The number of nitrogen functional groups attached to an aromatic ring is 1. The van der Waals surface area contributed by atoms with E-state index in [9.17, 15) is 9.59 Å². The van der Waals surface area contributed by atoms with Crippen molar-refractivity contribution in [3.63, 3.8) is 0 Å². The van der Waals surface area contributed by atoms with Gasteiger partial charge in [0.2, 0.25) is 0 Å². The summed E-state index contributed by atoms with van der Waals surface area (Å²) in [6.45, 7) is 1.09. The van der Waals surface area contributed by atoms with Crippen LogP contribution >= 0.6 is 11.6 Å². The van der Waals surface area contributed by atoms with Gasteiger partial charge in [0.25, 0.3) is 0 Å². The molecule has 0 aliphatic heterocycles. The molecular weight excluding hydrogens is 230 g/mol. The fourth-order valence-corrected chi connectivity index (χ4v) is 1.18. The van der Waals surface area contributed by atoms with Crippen molar-refractivity contribution in [2.24, 2.45) is 5.92 Å². The van der Waals surface area contributed by atoms with Crippen LogP contribution in [-0.2, 0) is 4.79 Å². The fourth-order valence-electron chi connectivity index (χ4n) is 1.02. The molecule has 1 rings (SSSR count). The van der Waals surface area contributed by atoms with E-state index >= 15 is 0 Å². The molecule has 0 heterocycles. The van der Waals surface area contributed by atoms with Crippen LogP contribution in [0, 0.1) is 5.92 Å². The first kappa shape index (κ1) is 8.58. The zero-order chi connectivity index (χ0) is 15.0. The molecule has 16 heavy (non-hydrogen) atoms. The molecule has 0 amide bonds. The van der Waals surface area contributed by atoms with Gasteiger partial charge >= 0.3 is 5.97 Å². The number of carbonyl (C=O) groups excluding carboxylic acids is 1. The highest BCUT2D eigenvalue weighted by Crippen LogP contribution is 2.20. The predicted octanol–water partition coefficient (Wildman–Crippen LogP) is 2.22. The number of benzene rings is 1. The summed E-state index contributed by atoms with van der Waals surface area (Å²) in [6.07, 6.45) is -2.62. The number of nitrogens with two attached hydrogens (primary N) is 1. The van der Waals surface area contributed by atoms with Crippen LogP contribution < -0.4 is 5.73 Å². The lowest BCUT2D eigenvalue weighted by Gasteiger charge is -2.07. The maximum Gasteiger partial charge on any atom is 0.306 e. The van der Waals surface area contributed by atoms with Gasteiger partial charge in [-0.2, -0.15) is 0 Å². The second-order valence-corrected chi connectivity index (χ2v) is 3.57. The molecule has 86 valence electrons. The van der Waals surface area contributed by atoms with Crippen molar-refractivity contribution in [3.05, 3.63) is 28.8 Å². The summed E-state index contributed by atoms with van der Waals surface area (Å²) in [6, 6.07) is 2.14. The van der Waals surface area contributed by atoms with Gasteiger partial charge in [0.1, 0.15) is 0 Å². The zero-order valence-electron chi connectivity index (χ0n) is 11.5. The number of carbonyl (C=O) groups is 2. The van der Waals surface area contributed by atoms with Crippen LogP contribution in [0.4, 0.5) is 5.69 Å². The molecule has 3 N–H and O–H groups in total. The third-order valence-electron chi connectivity index (χ3n) is 1.90. The van der Waals surface area contributed by atoms with Gasteiger partial charge in [-0.05, 0) is 18.2 Å². The maximum atomic E-state index is 12.1. The third kappa shape index (κ3) is 2.97. The van der Waals surface area contributed by atoms with E-state index in [0.29, 0.717) is 0 Å². The number of aliphatic carboxylic acids is 1. The summed E-state index contributed by atoms with van der Waals surface area (Å²) in [7, 11) is 0. The van der Waals surface area contributed by atoms with Crippen molar-refractivity contribution < 1.29 is 18.8 Å². The van der Waals surface area contributed by atoms with Gasteiger partial charge in [0, 0.05) is 25.4 Å². The Hall–Kier alpha value is -1.55. The Morgan fingerprint density at radius 1 is 1.69 bits per heavy atom. The Morgan fingerprint density at radius 3 is 2.88 bits per heavy atom. The molecule has 1 unspecified atom stereocenters. The average molecular weight is 245 g/mol. The number of rotatable bonds is 4. The molecule has 0 fully saturated rings. The van der Waals surface area contributed by atoms with Crippen LogP contribution in [-0.4, -0.2) is 16.9 Å². The number of Topliss-reactive ketones (excluding diaryl/α,β-unsaturated/α-hetero) is 1. The summed E-state index contributed by atoms with van der Waals surface area (Å²) in [5, 5.41) is 8.83. The second-order valence-electron chi connectivity index (χ2n) is 3.17. The van der Waals surface area contributed by atoms with Gasteiger partial charge in [-0.25, -0.2) is 0 Å². The van der Waals surface area contributed by atoms with Gasteiger partial charge in [-0.1, -0.05) is 18.5 Å². The molecule has 4 nitrogen and oxygen atoms in total. The minimum atomic E-state index is -2.62. The van der Waals surface area contributed by atoms with Crippen LogP contribution in [0.2, 0.25) is 5.02 Å². The Kier molecular flexibility index (Phi) is 2.67. The molecule has 1 aromatic rings. The van der Waals surface area contributed by atoms with Gasteiger partial charge in [-0.15, -0.1) is 0 Å². The van der Waals surface area contributed by atoms with Crippen molar-refractivity contribution in [2.45, 2.75) is 13.3 Å². The predicted molar refractivity (Wildman–Crippen MR) is 61.6 cm³/mol. The van der Waals surface area contributed by atoms with Crippen LogP contribution in [0.3, 0.4) is 0 Å². The van der Waals surface area contributed by atoms with Crippen molar-refractivity contribution in [1.82, 2.24) is 0 Å². The molecule has 1 aromatic carbocycles. The molecule has 0 aliphatic carbocycles. The standard InChI is InChI=1S/C11H12ClNO3/c1-6(11(15)16)4-10(14)8-3-2-7(12)5-9(8)13/h2-3,5-6H,4,13H2,1H3,(H,15,16)/i4D2,5D. The molecule has 0 bridgehead atoms. The molecule has 0 aromatic heterocycles. The highest BCUT2D eigenvalue weighted by molar-refractivity contribution is 6.31. The van der Waals surface area contributed by atoms with Crippen LogP contribution in [0.15, 0.2) is 18.2 Å². The number of carboxylic acid groups (broad SMARTS) is 1. The Labute approximate surface area is 102 Å². The molecule has 5 heteroatoms. The molecule has 1 atom stereocenters. The zero-order valence-corrected chi connectivity index (χ0v) is 9.21.